The van der Waals surface area contributed by atoms with Crippen LogP contribution in [0, 0.1) is 6.92 Å². The van der Waals surface area contributed by atoms with E-state index in [4.69, 9.17) is 4.74 Å². The van der Waals surface area contributed by atoms with Gasteiger partial charge in [-0.3, -0.25) is 4.79 Å². The average Bonchev–Trinajstić information content (AvgIpc) is 3.45. The summed E-state index contributed by atoms with van der Waals surface area (Å²) in [6, 6.07) is 13.8. The van der Waals surface area contributed by atoms with Gasteiger partial charge in [0, 0.05) is 24.5 Å². The zero-order valence-corrected chi connectivity index (χ0v) is 17.9. The summed E-state index contributed by atoms with van der Waals surface area (Å²) in [5, 5.41) is 15.3. The quantitative estimate of drug-likeness (QED) is 0.583. The van der Waals surface area contributed by atoms with Crippen molar-refractivity contribution in [3.05, 3.63) is 48.0 Å². The summed E-state index contributed by atoms with van der Waals surface area (Å²) in [6.45, 7) is 4.19. The number of nitrogens with one attached hydrogen (secondary N) is 1. The van der Waals surface area contributed by atoms with E-state index in [9.17, 15) is 4.79 Å². The molecule has 8 nitrogen and oxygen atoms in total. The lowest BCUT2D eigenvalue weighted by molar-refractivity contribution is -0.113. The Morgan fingerprint density at radius 3 is 2.67 bits per heavy atom. The highest BCUT2D eigenvalue weighted by Crippen LogP contribution is 2.27. The third-order valence-corrected chi connectivity index (χ3v) is 5.88. The van der Waals surface area contributed by atoms with Gasteiger partial charge in [0.25, 0.3) is 0 Å². The van der Waals surface area contributed by atoms with Crippen molar-refractivity contribution in [1.29, 1.82) is 0 Å². The first kappa shape index (κ1) is 20.2. The van der Waals surface area contributed by atoms with Gasteiger partial charge in [-0.25, -0.2) is 0 Å². The van der Waals surface area contributed by atoms with E-state index in [1.807, 2.05) is 37.3 Å². The summed E-state index contributed by atoms with van der Waals surface area (Å²) in [4.78, 5) is 14.8. The standard InChI is InChI=1S/C21H24N6O2S/c1-15-5-10-19(29-2)18(13-15)27-21(23-24-25-27)30-14-20(28)22-16-6-8-17(9-7-16)26-11-3-4-12-26/h5-10,13H,3-4,11-12,14H2,1-2H3,(H,22,28). The minimum absolute atomic E-state index is 0.111. The number of aryl methyl sites for hydroxylation is 1. The van der Waals surface area contributed by atoms with Gasteiger partial charge < -0.3 is 15.0 Å². The number of methoxy groups -OCH3 is 1. The monoisotopic (exact) mass is 424 g/mol. The number of hydrogen-bond donors (Lipinski definition) is 1. The minimum Gasteiger partial charge on any atom is -0.494 e. The highest BCUT2D eigenvalue weighted by Gasteiger charge is 2.16. The lowest BCUT2D eigenvalue weighted by Crippen LogP contribution is -2.18. The van der Waals surface area contributed by atoms with Crippen molar-refractivity contribution in [3.63, 3.8) is 0 Å². The van der Waals surface area contributed by atoms with Crippen LogP contribution in [0.25, 0.3) is 5.69 Å². The van der Waals surface area contributed by atoms with Gasteiger partial charge in [0.2, 0.25) is 11.1 Å². The summed E-state index contributed by atoms with van der Waals surface area (Å²) in [6.07, 6.45) is 2.48. The molecule has 0 spiro atoms. The lowest BCUT2D eigenvalue weighted by Gasteiger charge is -2.17. The van der Waals surface area contributed by atoms with E-state index >= 15 is 0 Å². The van der Waals surface area contributed by atoms with Crippen molar-refractivity contribution < 1.29 is 9.53 Å². The zero-order valence-electron chi connectivity index (χ0n) is 17.0. The molecular formula is C21H24N6O2S. The highest BCUT2D eigenvalue weighted by molar-refractivity contribution is 7.99. The predicted octanol–water partition coefficient (Wildman–Crippen LogP) is 3.31. The number of hydrogen-bond acceptors (Lipinski definition) is 7. The Hall–Kier alpha value is -3.07. The van der Waals surface area contributed by atoms with E-state index in [-0.39, 0.29) is 11.7 Å². The molecule has 4 rings (SSSR count). The van der Waals surface area contributed by atoms with Crippen LogP contribution in [-0.4, -0.2) is 52.1 Å². The summed E-state index contributed by atoms with van der Waals surface area (Å²) in [5.74, 6) is 0.750. The molecule has 1 amide bonds. The summed E-state index contributed by atoms with van der Waals surface area (Å²) < 4.78 is 7.01. The highest BCUT2D eigenvalue weighted by atomic mass is 32.2. The molecule has 2 heterocycles. The first-order valence-corrected chi connectivity index (χ1v) is 10.8. The fraction of sp³-hybridized carbons (Fsp3) is 0.333. The van der Waals surface area contributed by atoms with Crippen LogP contribution >= 0.6 is 11.8 Å². The van der Waals surface area contributed by atoms with Crippen LogP contribution in [0.1, 0.15) is 18.4 Å². The number of rotatable bonds is 7. The Bertz CT molecular complexity index is 1010. The van der Waals surface area contributed by atoms with Crippen molar-refractivity contribution >= 4 is 29.0 Å². The second-order valence-electron chi connectivity index (χ2n) is 7.13. The molecule has 0 unspecified atom stereocenters. The summed E-state index contributed by atoms with van der Waals surface area (Å²) in [7, 11) is 1.60. The van der Waals surface area contributed by atoms with Gasteiger partial charge >= 0.3 is 0 Å². The fourth-order valence-electron chi connectivity index (χ4n) is 3.44. The van der Waals surface area contributed by atoms with Crippen LogP contribution in [0.5, 0.6) is 5.75 Å². The molecule has 0 atom stereocenters. The first-order valence-electron chi connectivity index (χ1n) is 9.85. The second kappa shape index (κ2) is 9.17. The number of thioether (sulfide) groups is 1. The molecule has 156 valence electrons. The lowest BCUT2D eigenvalue weighted by atomic mass is 10.2. The maximum atomic E-state index is 12.4. The Balaban J connectivity index is 1.38. The number of anilines is 2. The van der Waals surface area contributed by atoms with E-state index in [1.165, 1.54) is 30.3 Å². The van der Waals surface area contributed by atoms with E-state index in [2.05, 4.69) is 37.9 Å². The van der Waals surface area contributed by atoms with Gasteiger partial charge in [-0.05, 0) is 72.2 Å². The smallest absolute Gasteiger partial charge is 0.234 e. The molecule has 0 radical (unpaired) electrons. The molecule has 1 aromatic heterocycles. The largest absolute Gasteiger partial charge is 0.494 e. The number of nitrogens with zero attached hydrogens (tertiary/aromatic N) is 5. The summed E-state index contributed by atoms with van der Waals surface area (Å²) in [5.41, 5.74) is 3.78. The number of ether oxygens (including phenoxy) is 1. The Kier molecular flexibility index (Phi) is 6.18. The number of carbonyl (C=O) groups excluding carboxylic acids is 1. The Morgan fingerprint density at radius 2 is 1.93 bits per heavy atom. The van der Waals surface area contributed by atoms with Crippen LogP contribution in [0.3, 0.4) is 0 Å². The third-order valence-electron chi connectivity index (χ3n) is 4.96. The van der Waals surface area contributed by atoms with Crippen molar-refractivity contribution in [2.45, 2.75) is 24.9 Å². The molecule has 1 aliphatic heterocycles. The molecule has 3 aromatic rings. The normalized spacial score (nSPS) is 13.5. The Morgan fingerprint density at radius 1 is 1.17 bits per heavy atom. The first-order chi connectivity index (χ1) is 14.6. The van der Waals surface area contributed by atoms with Crippen molar-refractivity contribution in [2.75, 3.05) is 36.2 Å². The van der Waals surface area contributed by atoms with Crippen molar-refractivity contribution in [3.8, 4) is 11.4 Å². The summed E-state index contributed by atoms with van der Waals surface area (Å²) >= 11 is 1.28. The minimum atomic E-state index is -0.111. The number of carbonyl (C=O) groups is 1. The van der Waals surface area contributed by atoms with Crippen molar-refractivity contribution in [2.24, 2.45) is 0 Å². The number of amides is 1. The van der Waals surface area contributed by atoms with E-state index in [1.54, 1.807) is 11.8 Å². The maximum Gasteiger partial charge on any atom is 0.234 e. The van der Waals surface area contributed by atoms with Gasteiger partial charge in [0.1, 0.15) is 11.4 Å². The van der Waals surface area contributed by atoms with E-state index in [0.717, 1.165) is 30.0 Å². The van der Waals surface area contributed by atoms with Crippen LogP contribution in [-0.2, 0) is 4.79 Å². The molecule has 1 saturated heterocycles. The van der Waals surface area contributed by atoms with Crippen LogP contribution in [0.4, 0.5) is 11.4 Å². The third kappa shape index (κ3) is 4.56. The molecular weight excluding hydrogens is 400 g/mol. The van der Waals surface area contributed by atoms with Gasteiger partial charge in [0.15, 0.2) is 0 Å². The fourth-order valence-corrected chi connectivity index (χ4v) is 4.13. The predicted molar refractivity (Wildman–Crippen MR) is 118 cm³/mol. The average molecular weight is 425 g/mol. The molecule has 0 bridgehead atoms. The number of tetrazole rings is 1. The SMILES string of the molecule is COc1ccc(C)cc1-n1nnnc1SCC(=O)Nc1ccc(N2CCCC2)cc1. The van der Waals surface area contributed by atoms with Crippen molar-refractivity contribution in [1.82, 2.24) is 20.2 Å². The molecule has 1 N–H and O–H groups in total. The van der Waals surface area contributed by atoms with Gasteiger partial charge in [-0.2, -0.15) is 4.68 Å². The second-order valence-corrected chi connectivity index (χ2v) is 8.07. The van der Waals surface area contributed by atoms with Gasteiger partial charge in [0.05, 0.1) is 12.9 Å². The molecule has 1 aliphatic rings. The molecule has 9 heteroatoms. The zero-order chi connectivity index (χ0) is 20.9. The van der Waals surface area contributed by atoms with Crippen LogP contribution in [0.2, 0.25) is 0 Å². The molecule has 2 aromatic carbocycles. The molecule has 30 heavy (non-hydrogen) atoms. The molecule has 0 saturated carbocycles. The van der Waals surface area contributed by atoms with Gasteiger partial charge in [-0.15, -0.1) is 5.10 Å². The molecule has 1 fully saturated rings. The number of benzene rings is 2. The molecule has 0 aliphatic carbocycles. The Labute approximate surface area is 179 Å². The van der Waals surface area contributed by atoms with Gasteiger partial charge in [-0.1, -0.05) is 17.8 Å². The topological polar surface area (TPSA) is 85.2 Å². The van der Waals surface area contributed by atoms with E-state index < -0.39 is 0 Å². The van der Waals surface area contributed by atoms with Crippen LogP contribution in [0.15, 0.2) is 47.6 Å². The maximum absolute atomic E-state index is 12.4. The number of aromatic nitrogens is 4. The van der Waals surface area contributed by atoms with Crippen LogP contribution < -0.4 is 15.0 Å². The van der Waals surface area contributed by atoms with E-state index in [0.29, 0.717) is 10.9 Å².